The van der Waals surface area contributed by atoms with E-state index in [0.29, 0.717) is 17.7 Å². The second kappa shape index (κ2) is 2.46. The number of nitrogens with zero attached hydrogens (tertiary/aromatic N) is 1. The van der Waals surface area contributed by atoms with E-state index in [1.165, 1.54) is 0 Å². The third-order valence-corrected chi connectivity index (χ3v) is 3.12. The Labute approximate surface area is 74.9 Å². The van der Waals surface area contributed by atoms with Gasteiger partial charge in [-0.3, -0.25) is 4.90 Å². The second-order valence-electron chi connectivity index (χ2n) is 5.05. The molecule has 2 nitrogen and oxygen atoms in total. The van der Waals surface area contributed by atoms with E-state index >= 15 is 0 Å². The maximum absolute atomic E-state index is 5.65. The lowest BCUT2D eigenvalue weighted by Crippen LogP contribution is -2.48. The van der Waals surface area contributed by atoms with E-state index in [0.717, 1.165) is 19.1 Å². The molecule has 0 radical (unpaired) electrons. The summed E-state index contributed by atoms with van der Waals surface area (Å²) in [7, 11) is 0. The Morgan fingerprint density at radius 1 is 1.33 bits per heavy atom. The number of rotatable bonds is 0. The molecule has 0 unspecified atom stereocenters. The number of ether oxygens (including phenoxy) is 1. The Hall–Kier alpha value is -0.0800. The van der Waals surface area contributed by atoms with Crippen molar-refractivity contribution in [1.29, 1.82) is 0 Å². The standard InChI is InChI=1S/C10H19NO/c1-7-8-9(7)12-6-5-11(8)10(2,3)4/h7-9H,5-6H2,1-4H3/t7-,8-,9+/m1/s1. The molecule has 1 aliphatic carbocycles. The van der Waals surface area contributed by atoms with Gasteiger partial charge in [-0.05, 0) is 20.8 Å². The summed E-state index contributed by atoms with van der Waals surface area (Å²) in [5, 5.41) is 0. The van der Waals surface area contributed by atoms with E-state index in [2.05, 4.69) is 32.6 Å². The van der Waals surface area contributed by atoms with Gasteiger partial charge in [0.2, 0.25) is 0 Å². The highest BCUT2D eigenvalue weighted by Gasteiger charge is 2.55. The van der Waals surface area contributed by atoms with Gasteiger partial charge < -0.3 is 4.74 Å². The van der Waals surface area contributed by atoms with Gasteiger partial charge in [0.1, 0.15) is 0 Å². The minimum Gasteiger partial charge on any atom is -0.375 e. The molecule has 2 fully saturated rings. The minimum absolute atomic E-state index is 0.317. The van der Waals surface area contributed by atoms with Gasteiger partial charge in [-0.2, -0.15) is 0 Å². The molecule has 0 aromatic heterocycles. The van der Waals surface area contributed by atoms with Crippen LogP contribution in [0.5, 0.6) is 0 Å². The van der Waals surface area contributed by atoms with Crippen molar-refractivity contribution in [2.75, 3.05) is 13.2 Å². The van der Waals surface area contributed by atoms with E-state index in [9.17, 15) is 0 Å². The largest absolute Gasteiger partial charge is 0.375 e. The Kier molecular flexibility index (Phi) is 1.74. The molecule has 0 amide bonds. The van der Waals surface area contributed by atoms with Crippen LogP contribution in [0.25, 0.3) is 0 Å². The van der Waals surface area contributed by atoms with Gasteiger partial charge in [0.25, 0.3) is 0 Å². The van der Waals surface area contributed by atoms with Gasteiger partial charge in [0, 0.05) is 24.0 Å². The molecule has 3 atom stereocenters. The van der Waals surface area contributed by atoms with E-state index in [4.69, 9.17) is 4.74 Å². The fraction of sp³-hybridized carbons (Fsp3) is 1.00. The van der Waals surface area contributed by atoms with Crippen molar-refractivity contribution in [3.05, 3.63) is 0 Å². The van der Waals surface area contributed by atoms with Gasteiger partial charge >= 0.3 is 0 Å². The molecule has 1 heterocycles. The Morgan fingerprint density at radius 2 is 2.00 bits per heavy atom. The average molecular weight is 169 g/mol. The van der Waals surface area contributed by atoms with Crippen LogP contribution < -0.4 is 0 Å². The summed E-state index contributed by atoms with van der Waals surface area (Å²) in [6.45, 7) is 11.2. The molecule has 2 rings (SSSR count). The lowest BCUT2D eigenvalue weighted by molar-refractivity contribution is -0.00810. The second-order valence-corrected chi connectivity index (χ2v) is 5.05. The first-order chi connectivity index (χ1) is 5.52. The third-order valence-electron chi connectivity index (χ3n) is 3.12. The third kappa shape index (κ3) is 1.17. The number of hydrogen-bond donors (Lipinski definition) is 0. The van der Waals surface area contributed by atoms with Gasteiger partial charge in [-0.25, -0.2) is 0 Å². The normalized spacial score (nSPS) is 42.5. The summed E-state index contributed by atoms with van der Waals surface area (Å²) in [5.74, 6) is 0.756. The molecule has 0 spiro atoms. The van der Waals surface area contributed by atoms with Crippen LogP contribution in [-0.4, -0.2) is 35.7 Å². The van der Waals surface area contributed by atoms with Crippen LogP contribution in [0, 0.1) is 5.92 Å². The monoisotopic (exact) mass is 169 g/mol. The fourth-order valence-corrected chi connectivity index (χ4v) is 2.34. The lowest BCUT2D eigenvalue weighted by Gasteiger charge is -2.38. The van der Waals surface area contributed by atoms with Crippen molar-refractivity contribution >= 4 is 0 Å². The highest BCUT2D eigenvalue weighted by atomic mass is 16.5. The Morgan fingerprint density at radius 3 is 2.50 bits per heavy atom. The molecule has 0 N–H and O–H groups in total. The van der Waals surface area contributed by atoms with Gasteiger partial charge in [-0.15, -0.1) is 0 Å². The predicted molar refractivity (Wildman–Crippen MR) is 49.2 cm³/mol. The minimum atomic E-state index is 0.317. The number of hydrogen-bond acceptors (Lipinski definition) is 2. The van der Waals surface area contributed by atoms with Gasteiger partial charge in [0.15, 0.2) is 0 Å². The Bertz CT molecular complexity index is 185. The van der Waals surface area contributed by atoms with E-state index in [1.54, 1.807) is 0 Å². The molecule has 70 valence electrons. The van der Waals surface area contributed by atoms with E-state index in [1.807, 2.05) is 0 Å². The Balaban J connectivity index is 2.07. The molecular weight excluding hydrogens is 150 g/mol. The SMILES string of the molecule is C[C@H]1[C@@H]2OCCN(C(C)(C)C)[C@H]12. The molecule has 0 aromatic rings. The molecule has 2 aliphatic rings. The zero-order chi connectivity index (χ0) is 8.93. The first kappa shape index (κ1) is 8.52. The molecule has 0 bridgehead atoms. The van der Waals surface area contributed by atoms with Crippen molar-refractivity contribution in [3.8, 4) is 0 Å². The number of fused-ring (bicyclic) bond motifs is 1. The van der Waals surface area contributed by atoms with Crippen LogP contribution in [0.15, 0.2) is 0 Å². The zero-order valence-corrected chi connectivity index (χ0v) is 8.50. The summed E-state index contributed by atoms with van der Waals surface area (Å²) in [5.41, 5.74) is 0.317. The topological polar surface area (TPSA) is 12.5 Å². The van der Waals surface area contributed by atoms with Crippen molar-refractivity contribution in [3.63, 3.8) is 0 Å². The quantitative estimate of drug-likeness (QED) is 0.545. The summed E-state index contributed by atoms with van der Waals surface area (Å²) >= 11 is 0. The molecule has 1 saturated heterocycles. The van der Waals surface area contributed by atoms with Crippen molar-refractivity contribution in [2.24, 2.45) is 5.92 Å². The smallest absolute Gasteiger partial charge is 0.0776 e. The number of morpholine rings is 1. The first-order valence-electron chi connectivity index (χ1n) is 4.90. The summed E-state index contributed by atoms with van der Waals surface area (Å²) in [4.78, 5) is 2.59. The van der Waals surface area contributed by atoms with Crippen molar-refractivity contribution in [1.82, 2.24) is 4.90 Å². The molecule has 2 heteroatoms. The van der Waals surface area contributed by atoms with E-state index in [-0.39, 0.29) is 0 Å². The predicted octanol–water partition coefficient (Wildman–Crippen LogP) is 1.50. The van der Waals surface area contributed by atoms with Crippen LogP contribution >= 0.6 is 0 Å². The summed E-state index contributed by atoms with van der Waals surface area (Å²) in [6.07, 6.45) is 0.540. The molecule has 12 heavy (non-hydrogen) atoms. The first-order valence-corrected chi connectivity index (χ1v) is 4.90. The van der Waals surface area contributed by atoms with Gasteiger partial charge in [-0.1, -0.05) is 6.92 Å². The van der Waals surface area contributed by atoms with Crippen LogP contribution in [0.4, 0.5) is 0 Å². The molecule has 1 aliphatic heterocycles. The van der Waals surface area contributed by atoms with Gasteiger partial charge in [0.05, 0.1) is 12.7 Å². The van der Waals surface area contributed by atoms with Crippen LogP contribution in [0.3, 0.4) is 0 Å². The maximum Gasteiger partial charge on any atom is 0.0776 e. The average Bonchev–Trinajstić information content (AvgIpc) is 2.61. The fourth-order valence-electron chi connectivity index (χ4n) is 2.34. The molecule has 1 saturated carbocycles. The molecular formula is C10H19NO. The van der Waals surface area contributed by atoms with Crippen molar-refractivity contribution in [2.45, 2.75) is 45.4 Å². The summed E-state index contributed by atoms with van der Waals surface area (Å²) in [6, 6.07) is 0.707. The van der Waals surface area contributed by atoms with E-state index < -0.39 is 0 Å². The highest BCUT2D eigenvalue weighted by Crippen LogP contribution is 2.43. The molecule has 0 aromatic carbocycles. The van der Waals surface area contributed by atoms with Crippen LogP contribution in [0.2, 0.25) is 0 Å². The summed E-state index contributed by atoms with van der Waals surface area (Å²) < 4.78 is 5.65. The highest BCUT2D eigenvalue weighted by molar-refractivity contribution is 5.08. The zero-order valence-electron chi connectivity index (χ0n) is 8.50. The van der Waals surface area contributed by atoms with Crippen LogP contribution in [0.1, 0.15) is 27.7 Å². The maximum atomic E-state index is 5.65. The lowest BCUT2D eigenvalue weighted by atomic mass is 10.1. The van der Waals surface area contributed by atoms with Crippen molar-refractivity contribution < 1.29 is 4.74 Å². The van der Waals surface area contributed by atoms with Crippen LogP contribution in [-0.2, 0) is 4.74 Å².